The van der Waals surface area contributed by atoms with Crippen LogP contribution in [-0.4, -0.2) is 28.9 Å². The monoisotopic (exact) mass is 337 g/mol. The Balaban J connectivity index is 1.89. The summed E-state index contributed by atoms with van der Waals surface area (Å²) in [5, 5.41) is 10.2. The summed E-state index contributed by atoms with van der Waals surface area (Å²) in [5.74, 6) is -0.961. The highest BCUT2D eigenvalue weighted by Gasteiger charge is 2.39. The Hall–Kier alpha value is -3.08. The number of imide groups is 1. The van der Waals surface area contributed by atoms with E-state index in [0.717, 1.165) is 21.6 Å². The number of amides is 2. The van der Waals surface area contributed by atoms with Crippen LogP contribution in [0.25, 0.3) is 5.57 Å². The Morgan fingerprint density at radius 1 is 0.960 bits per heavy atom. The summed E-state index contributed by atoms with van der Waals surface area (Å²) >= 11 is 0. The maximum absolute atomic E-state index is 12.7. The lowest BCUT2D eigenvalue weighted by atomic mass is 10.00. The fourth-order valence-corrected chi connectivity index (χ4v) is 2.78. The Kier molecular flexibility index (Phi) is 4.31. The number of aryl methyl sites for hydroxylation is 2. The maximum atomic E-state index is 12.7. The molecular formula is C20H19NO4. The second-order valence-electron chi connectivity index (χ2n) is 6.07. The van der Waals surface area contributed by atoms with Crippen molar-refractivity contribution in [3.05, 3.63) is 70.5 Å². The Labute approximate surface area is 146 Å². The fraction of sp³-hybridized carbons (Fsp3) is 0.200. The molecule has 2 amide bonds. The number of benzene rings is 2. The summed E-state index contributed by atoms with van der Waals surface area (Å²) in [6.45, 7) is 3.98. The van der Waals surface area contributed by atoms with Crippen LogP contribution in [0.3, 0.4) is 0 Å². The lowest BCUT2D eigenvalue weighted by molar-refractivity contribution is -0.138. The van der Waals surface area contributed by atoms with E-state index in [-0.39, 0.29) is 12.1 Å². The zero-order chi connectivity index (χ0) is 18.1. The quantitative estimate of drug-likeness (QED) is 0.871. The molecule has 0 aliphatic carbocycles. The summed E-state index contributed by atoms with van der Waals surface area (Å²) in [4.78, 5) is 26.1. The molecule has 0 fully saturated rings. The van der Waals surface area contributed by atoms with Crippen molar-refractivity contribution in [3.63, 3.8) is 0 Å². The van der Waals surface area contributed by atoms with E-state index in [9.17, 15) is 14.7 Å². The van der Waals surface area contributed by atoms with Gasteiger partial charge in [-0.05, 0) is 48.2 Å². The molecular weight excluding hydrogens is 318 g/mol. The topological polar surface area (TPSA) is 66.8 Å². The van der Waals surface area contributed by atoms with E-state index >= 15 is 0 Å². The van der Waals surface area contributed by atoms with Crippen LogP contribution in [0.5, 0.6) is 5.75 Å². The number of carbonyl (C=O) groups is 2. The first-order valence-electron chi connectivity index (χ1n) is 7.92. The van der Waals surface area contributed by atoms with E-state index in [1.165, 1.54) is 0 Å². The number of aliphatic hydroxyl groups is 1. The van der Waals surface area contributed by atoms with E-state index in [2.05, 4.69) is 0 Å². The molecule has 3 rings (SSSR count). The second kappa shape index (κ2) is 6.43. The van der Waals surface area contributed by atoms with Crippen molar-refractivity contribution in [2.45, 2.75) is 20.4 Å². The average molecular weight is 337 g/mol. The summed E-state index contributed by atoms with van der Waals surface area (Å²) in [5.41, 5.74) is 3.46. The molecule has 1 N–H and O–H groups in total. The van der Waals surface area contributed by atoms with Crippen LogP contribution in [0.15, 0.2) is 48.2 Å². The SMILES string of the molecule is COc1ccc(CN2C(=O)C(O)=C(c3ccc(C)c(C)c3)C2=O)cc1. The van der Waals surface area contributed by atoms with Gasteiger partial charge in [-0.3, -0.25) is 14.5 Å². The second-order valence-corrected chi connectivity index (χ2v) is 6.07. The summed E-state index contributed by atoms with van der Waals surface area (Å²) < 4.78 is 5.10. The van der Waals surface area contributed by atoms with Crippen LogP contribution in [0.2, 0.25) is 0 Å². The van der Waals surface area contributed by atoms with Crippen molar-refractivity contribution in [2.75, 3.05) is 7.11 Å². The minimum absolute atomic E-state index is 0.0570. The number of rotatable bonds is 4. The molecule has 2 aromatic rings. The highest BCUT2D eigenvalue weighted by molar-refractivity contribution is 6.34. The molecule has 0 radical (unpaired) electrons. The van der Waals surface area contributed by atoms with Gasteiger partial charge in [-0.25, -0.2) is 0 Å². The van der Waals surface area contributed by atoms with E-state index in [4.69, 9.17) is 4.74 Å². The van der Waals surface area contributed by atoms with Crippen LogP contribution in [0.1, 0.15) is 22.3 Å². The number of carbonyl (C=O) groups excluding carboxylic acids is 2. The molecule has 0 aromatic heterocycles. The molecule has 5 heteroatoms. The third-order valence-electron chi connectivity index (χ3n) is 4.44. The van der Waals surface area contributed by atoms with Gasteiger partial charge in [0.05, 0.1) is 19.2 Å². The Morgan fingerprint density at radius 3 is 2.24 bits per heavy atom. The molecule has 0 atom stereocenters. The van der Waals surface area contributed by atoms with Gasteiger partial charge >= 0.3 is 0 Å². The van der Waals surface area contributed by atoms with Crippen molar-refractivity contribution >= 4 is 17.4 Å². The van der Waals surface area contributed by atoms with E-state index in [0.29, 0.717) is 11.3 Å². The largest absolute Gasteiger partial charge is 0.502 e. The summed E-state index contributed by atoms with van der Waals surface area (Å²) in [6.07, 6.45) is 0. The molecule has 1 aliphatic heterocycles. The number of nitrogens with zero attached hydrogens (tertiary/aromatic N) is 1. The van der Waals surface area contributed by atoms with Crippen LogP contribution in [0, 0.1) is 13.8 Å². The van der Waals surface area contributed by atoms with Gasteiger partial charge in [0.25, 0.3) is 11.8 Å². The average Bonchev–Trinajstić information content (AvgIpc) is 2.82. The van der Waals surface area contributed by atoms with Crippen molar-refractivity contribution in [3.8, 4) is 5.75 Å². The third kappa shape index (κ3) is 3.01. The first-order chi connectivity index (χ1) is 11.9. The van der Waals surface area contributed by atoms with Gasteiger partial charge in [0.2, 0.25) is 0 Å². The smallest absolute Gasteiger partial charge is 0.296 e. The third-order valence-corrected chi connectivity index (χ3v) is 4.44. The van der Waals surface area contributed by atoms with Crippen LogP contribution in [-0.2, 0) is 16.1 Å². The van der Waals surface area contributed by atoms with E-state index in [1.54, 1.807) is 37.4 Å². The van der Waals surface area contributed by atoms with Crippen LogP contribution < -0.4 is 4.74 Å². The normalized spacial score (nSPS) is 14.4. The fourth-order valence-electron chi connectivity index (χ4n) is 2.78. The zero-order valence-corrected chi connectivity index (χ0v) is 14.4. The lowest BCUT2D eigenvalue weighted by Gasteiger charge is -2.15. The number of ether oxygens (including phenoxy) is 1. The van der Waals surface area contributed by atoms with Gasteiger partial charge in [-0.2, -0.15) is 0 Å². The van der Waals surface area contributed by atoms with Crippen molar-refractivity contribution in [2.24, 2.45) is 0 Å². The molecule has 0 bridgehead atoms. The van der Waals surface area contributed by atoms with Gasteiger partial charge in [0.1, 0.15) is 5.75 Å². The van der Waals surface area contributed by atoms with Gasteiger partial charge in [-0.1, -0.05) is 30.3 Å². The number of aliphatic hydroxyl groups excluding tert-OH is 1. The molecule has 1 aliphatic rings. The predicted octanol–water partition coefficient (Wildman–Crippen LogP) is 3.15. The van der Waals surface area contributed by atoms with Crippen molar-refractivity contribution < 1.29 is 19.4 Å². The van der Waals surface area contributed by atoms with Crippen LogP contribution >= 0.6 is 0 Å². The molecule has 0 saturated carbocycles. The zero-order valence-electron chi connectivity index (χ0n) is 14.4. The molecule has 0 spiro atoms. The first-order valence-corrected chi connectivity index (χ1v) is 7.92. The summed E-state index contributed by atoms with van der Waals surface area (Å²) in [6, 6.07) is 12.5. The predicted molar refractivity (Wildman–Crippen MR) is 94.0 cm³/mol. The van der Waals surface area contributed by atoms with Gasteiger partial charge < -0.3 is 9.84 Å². The number of hydrogen-bond donors (Lipinski definition) is 1. The standard InChI is InChI=1S/C20H19NO4/c1-12-4-7-15(10-13(12)2)17-18(22)20(24)21(19(17)23)11-14-5-8-16(25-3)9-6-14/h4-10,22H,11H2,1-3H3. The molecule has 0 unspecified atom stereocenters. The molecule has 128 valence electrons. The van der Waals surface area contributed by atoms with Gasteiger partial charge in [0.15, 0.2) is 5.76 Å². The minimum atomic E-state index is -0.672. The van der Waals surface area contributed by atoms with Gasteiger partial charge in [0, 0.05) is 0 Å². The number of methoxy groups -OCH3 is 1. The van der Waals surface area contributed by atoms with E-state index in [1.807, 2.05) is 26.0 Å². The van der Waals surface area contributed by atoms with Crippen LogP contribution in [0.4, 0.5) is 0 Å². The summed E-state index contributed by atoms with van der Waals surface area (Å²) in [7, 11) is 1.57. The molecule has 5 nitrogen and oxygen atoms in total. The maximum Gasteiger partial charge on any atom is 0.296 e. The molecule has 0 saturated heterocycles. The Bertz CT molecular complexity index is 881. The molecule has 1 heterocycles. The molecule has 2 aromatic carbocycles. The highest BCUT2D eigenvalue weighted by atomic mass is 16.5. The first kappa shape index (κ1) is 16.8. The van der Waals surface area contributed by atoms with Crippen molar-refractivity contribution in [1.82, 2.24) is 4.90 Å². The Morgan fingerprint density at radius 2 is 1.64 bits per heavy atom. The van der Waals surface area contributed by atoms with Gasteiger partial charge in [-0.15, -0.1) is 0 Å². The van der Waals surface area contributed by atoms with E-state index < -0.39 is 17.6 Å². The lowest BCUT2D eigenvalue weighted by Crippen LogP contribution is -2.31. The highest BCUT2D eigenvalue weighted by Crippen LogP contribution is 2.30. The molecule has 25 heavy (non-hydrogen) atoms. The number of hydrogen-bond acceptors (Lipinski definition) is 4. The minimum Gasteiger partial charge on any atom is -0.502 e. The van der Waals surface area contributed by atoms with Crippen molar-refractivity contribution in [1.29, 1.82) is 0 Å².